The van der Waals surface area contributed by atoms with Crippen LogP contribution in [0, 0.1) is 12.7 Å². The van der Waals surface area contributed by atoms with Crippen molar-refractivity contribution in [3.63, 3.8) is 0 Å². The number of rotatable bonds is 8. The quantitative estimate of drug-likeness (QED) is 0.600. The third kappa shape index (κ3) is 4.94. The van der Waals surface area contributed by atoms with Gasteiger partial charge < -0.3 is 14.6 Å². The summed E-state index contributed by atoms with van der Waals surface area (Å²) in [6, 6.07) is 15.4. The van der Waals surface area contributed by atoms with E-state index in [9.17, 15) is 9.18 Å². The van der Waals surface area contributed by atoms with Gasteiger partial charge in [-0.05, 0) is 44.0 Å². The maximum absolute atomic E-state index is 12.8. The third-order valence-corrected chi connectivity index (χ3v) is 4.08. The lowest BCUT2D eigenvalue weighted by atomic mass is 10.1. The highest BCUT2D eigenvalue weighted by molar-refractivity contribution is 6.00. The summed E-state index contributed by atoms with van der Waals surface area (Å²) in [7, 11) is 0. The van der Waals surface area contributed by atoms with Crippen LogP contribution < -0.4 is 10.1 Å². The predicted octanol–water partition coefficient (Wildman–Crippen LogP) is 4.38. The zero-order valence-corrected chi connectivity index (χ0v) is 15.1. The smallest absolute Gasteiger partial charge is 0.257 e. The Morgan fingerprint density at radius 2 is 1.85 bits per heavy atom. The average Bonchev–Trinajstić information content (AvgIpc) is 3.08. The van der Waals surface area contributed by atoms with E-state index in [0.29, 0.717) is 35.9 Å². The minimum atomic E-state index is -0.288. The van der Waals surface area contributed by atoms with E-state index in [1.54, 1.807) is 19.1 Å². The van der Waals surface area contributed by atoms with Crippen LogP contribution in [0.4, 0.5) is 4.39 Å². The van der Waals surface area contributed by atoms with Gasteiger partial charge >= 0.3 is 0 Å². The molecular formula is C21H21FN2O3. The Morgan fingerprint density at radius 3 is 2.59 bits per heavy atom. The van der Waals surface area contributed by atoms with Crippen LogP contribution in [0.3, 0.4) is 0 Å². The number of aryl methyl sites for hydroxylation is 1. The van der Waals surface area contributed by atoms with Crippen LogP contribution >= 0.6 is 0 Å². The summed E-state index contributed by atoms with van der Waals surface area (Å²) in [6.07, 6.45) is 1.53. The minimum absolute atomic E-state index is 0.202. The van der Waals surface area contributed by atoms with E-state index in [1.807, 2.05) is 30.3 Å². The summed E-state index contributed by atoms with van der Waals surface area (Å²) in [6.45, 7) is 2.75. The molecule has 6 heteroatoms. The number of hydrogen-bond acceptors (Lipinski definition) is 4. The zero-order chi connectivity index (χ0) is 19.1. The van der Waals surface area contributed by atoms with E-state index in [0.717, 1.165) is 18.4 Å². The molecule has 0 aliphatic heterocycles. The first-order valence-electron chi connectivity index (χ1n) is 8.83. The normalized spacial score (nSPS) is 10.6. The van der Waals surface area contributed by atoms with E-state index in [1.165, 1.54) is 12.1 Å². The van der Waals surface area contributed by atoms with Crippen molar-refractivity contribution in [2.75, 3.05) is 13.2 Å². The van der Waals surface area contributed by atoms with Crippen molar-refractivity contribution in [3.8, 4) is 17.0 Å². The van der Waals surface area contributed by atoms with E-state index in [4.69, 9.17) is 9.26 Å². The van der Waals surface area contributed by atoms with Gasteiger partial charge in [-0.25, -0.2) is 4.39 Å². The fraction of sp³-hybridized carbons (Fsp3) is 0.238. The summed E-state index contributed by atoms with van der Waals surface area (Å²) < 4.78 is 23.6. The van der Waals surface area contributed by atoms with Gasteiger partial charge in [-0.3, -0.25) is 4.79 Å². The zero-order valence-electron chi connectivity index (χ0n) is 15.1. The molecule has 0 saturated carbocycles. The summed E-state index contributed by atoms with van der Waals surface area (Å²) >= 11 is 0. The molecule has 0 atom stereocenters. The Morgan fingerprint density at radius 1 is 1.11 bits per heavy atom. The van der Waals surface area contributed by atoms with Crippen molar-refractivity contribution in [1.82, 2.24) is 10.5 Å². The first-order chi connectivity index (χ1) is 13.1. The molecule has 2 aromatic carbocycles. The predicted molar refractivity (Wildman–Crippen MR) is 100 cm³/mol. The number of aromatic nitrogens is 1. The molecule has 1 aromatic heterocycles. The monoisotopic (exact) mass is 368 g/mol. The van der Waals surface area contributed by atoms with Crippen molar-refractivity contribution in [3.05, 3.63) is 71.7 Å². The van der Waals surface area contributed by atoms with Gasteiger partial charge in [-0.2, -0.15) is 0 Å². The second-order valence-electron chi connectivity index (χ2n) is 6.09. The van der Waals surface area contributed by atoms with Gasteiger partial charge in [0.2, 0.25) is 0 Å². The Labute approximate surface area is 157 Å². The highest BCUT2D eigenvalue weighted by atomic mass is 19.1. The molecule has 5 nitrogen and oxygen atoms in total. The molecule has 0 radical (unpaired) electrons. The Bertz CT molecular complexity index is 876. The number of benzene rings is 2. The van der Waals surface area contributed by atoms with E-state index >= 15 is 0 Å². The average molecular weight is 368 g/mol. The van der Waals surface area contributed by atoms with Crippen LogP contribution in [0.15, 0.2) is 59.1 Å². The molecule has 0 spiro atoms. The number of amides is 1. The number of nitrogens with one attached hydrogen (secondary N) is 1. The molecule has 0 unspecified atom stereocenters. The van der Waals surface area contributed by atoms with Gasteiger partial charge in [0.15, 0.2) is 0 Å². The molecule has 0 bridgehead atoms. The van der Waals surface area contributed by atoms with Crippen LogP contribution in [0.2, 0.25) is 0 Å². The van der Waals surface area contributed by atoms with E-state index in [-0.39, 0.29) is 11.7 Å². The molecule has 0 aliphatic carbocycles. The third-order valence-electron chi connectivity index (χ3n) is 4.08. The van der Waals surface area contributed by atoms with Gasteiger partial charge in [0.25, 0.3) is 5.91 Å². The Kier molecular flexibility index (Phi) is 6.20. The molecule has 1 N–H and O–H groups in total. The van der Waals surface area contributed by atoms with Gasteiger partial charge in [-0.1, -0.05) is 35.5 Å². The topological polar surface area (TPSA) is 64.4 Å². The van der Waals surface area contributed by atoms with Crippen molar-refractivity contribution >= 4 is 5.91 Å². The second-order valence-corrected chi connectivity index (χ2v) is 6.09. The molecule has 3 aromatic rings. The van der Waals surface area contributed by atoms with Crippen LogP contribution in [-0.2, 0) is 0 Å². The SMILES string of the molecule is Cc1onc(-c2ccccc2)c1C(=O)NCCCCOc1ccc(F)cc1. The van der Waals surface area contributed by atoms with E-state index < -0.39 is 0 Å². The van der Waals surface area contributed by atoms with Gasteiger partial charge in [0, 0.05) is 12.1 Å². The summed E-state index contributed by atoms with van der Waals surface area (Å²) in [5.74, 6) is 0.634. The summed E-state index contributed by atoms with van der Waals surface area (Å²) in [5.41, 5.74) is 1.85. The molecule has 1 heterocycles. The molecular weight excluding hydrogens is 347 g/mol. The molecule has 0 saturated heterocycles. The lowest BCUT2D eigenvalue weighted by Crippen LogP contribution is -2.25. The van der Waals surface area contributed by atoms with Crippen LogP contribution in [0.1, 0.15) is 29.0 Å². The fourth-order valence-electron chi connectivity index (χ4n) is 2.67. The molecule has 0 aliphatic rings. The summed E-state index contributed by atoms with van der Waals surface area (Å²) in [5, 5.41) is 6.92. The maximum Gasteiger partial charge on any atom is 0.257 e. The first-order valence-corrected chi connectivity index (χ1v) is 8.83. The second kappa shape index (κ2) is 8.98. The highest BCUT2D eigenvalue weighted by Gasteiger charge is 2.20. The number of nitrogens with zero attached hydrogens (tertiary/aromatic N) is 1. The van der Waals surface area contributed by atoms with Crippen molar-refractivity contribution in [1.29, 1.82) is 0 Å². The highest BCUT2D eigenvalue weighted by Crippen LogP contribution is 2.24. The van der Waals surface area contributed by atoms with Crippen molar-refractivity contribution in [2.45, 2.75) is 19.8 Å². The lowest BCUT2D eigenvalue weighted by Gasteiger charge is -2.07. The first kappa shape index (κ1) is 18.6. The van der Waals surface area contributed by atoms with Gasteiger partial charge in [-0.15, -0.1) is 0 Å². The largest absolute Gasteiger partial charge is 0.494 e. The number of ether oxygens (including phenoxy) is 1. The van der Waals surface area contributed by atoms with Crippen LogP contribution in [-0.4, -0.2) is 24.2 Å². The van der Waals surface area contributed by atoms with E-state index in [2.05, 4.69) is 10.5 Å². The molecule has 0 fully saturated rings. The number of halogens is 1. The maximum atomic E-state index is 12.8. The molecule has 27 heavy (non-hydrogen) atoms. The van der Waals surface area contributed by atoms with Crippen molar-refractivity contribution < 1.29 is 18.4 Å². The molecule has 1 amide bonds. The van der Waals surface area contributed by atoms with Crippen LogP contribution in [0.5, 0.6) is 5.75 Å². The Hall–Kier alpha value is -3.15. The summed E-state index contributed by atoms with van der Waals surface area (Å²) in [4.78, 5) is 12.5. The van der Waals surface area contributed by atoms with Gasteiger partial charge in [0.05, 0.1) is 6.61 Å². The fourth-order valence-corrected chi connectivity index (χ4v) is 2.67. The number of hydrogen-bond donors (Lipinski definition) is 1. The molecule has 140 valence electrons. The number of unbranched alkanes of at least 4 members (excludes halogenated alkanes) is 1. The molecule has 3 rings (SSSR count). The minimum Gasteiger partial charge on any atom is -0.494 e. The lowest BCUT2D eigenvalue weighted by molar-refractivity contribution is 0.0951. The van der Waals surface area contributed by atoms with Crippen molar-refractivity contribution in [2.24, 2.45) is 0 Å². The Balaban J connectivity index is 1.46. The number of carbonyl (C=O) groups is 1. The van der Waals surface area contributed by atoms with Gasteiger partial charge in [0.1, 0.15) is 28.6 Å². The number of carbonyl (C=O) groups excluding carboxylic acids is 1. The van der Waals surface area contributed by atoms with Crippen LogP contribution in [0.25, 0.3) is 11.3 Å². The standard InChI is InChI=1S/C21H21FN2O3/c1-15-19(20(24-27-15)16-7-3-2-4-8-16)21(25)23-13-5-6-14-26-18-11-9-17(22)10-12-18/h2-4,7-12H,5-6,13-14H2,1H3,(H,23,25).